The Morgan fingerprint density at radius 3 is 2.76 bits per heavy atom. The number of piperazine rings is 1. The van der Waals surface area contributed by atoms with Crippen molar-refractivity contribution in [3.63, 3.8) is 0 Å². The third-order valence-electron chi connectivity index (χ3n) is 4.94. The molecule has 0 unspecified atom stereocenters. The van der Waals surface area contributed by atoms with Crippen LogP contribution in [-0.4, -0.2) is 63.6 Å². The Hall–Kier alpha value is -3.01. The van der Waals surface area contributed by atoms with E-state index in [-0.39, 0.29) is 18.8 Å². The van der Waals surface area contributed by atoms with E-state index in [9.17, 15) is 18.0 Å². The molecule has 1 fully saturated rings. The lowest BCUT2D eigenvalue weighted by molar-refractivity contribution is -0.0885. The van der Waals surface area contributed by atoms with Crippen molar-refractivity contribution in [1.29, 1.82) is 0 Å². The van der Waals surface area contributed by atoms with E-state index in [0.29, 0.717) is 42.9 Å². The molecule has 0 aromatic carbocycles. The number of allylic oxidation sites excluding steroid dienone is 5. The van der Waals surface area contributed by atoms with Crippen molar-refractivity contribution in [3.05, 3.63) is 64.5 Å². The first kappa shape index (κ1) is 19.3. The predicted octanol–water partition coefficient (Wildman–Crippen LogP) is 2.06. The van der Waals surface area contributed by atoms with Gasteiger partial charge in [-0.1, -0.05) is 12.2 Å². The van der Waals surface area contributed by atoms with Crippen LogP contribution in [0.3, 0.4) is 0 Å². The van der Waals surface area contributed by atoms with Crippen LogP contribution in [0.5, 0.6) is 0 Å². The first-order valence-electron chi connectivity index (χ1n) is 9.23. The number of alkyl halides is 3. The second kappa shape index (κ2) is 7.78. The summed E-state index contributed by atoms with van der Waals surface area (Å²) in [5, 5.41) is 0. The highest BCUT2D eigenvalue weighted by Crippen LogP contribution is 2.30. The fraction of sp³-hybridized carbons (Fsp3) is 0.368. The van der Waals surface area contributed by atoms with Crippen LogP contribution in [0.2, 0.25) is 0 Å². The van der Waals surface area contributed by atoms with E-state index < -0.39 is 11.7 Å². The van der Waals surface area contributed by atoms with Gasteiger partial charge in [-0.2, -0.15) is 13.2 Å². The summed E-state index contributed by atoms with van der Waals surface area (Å²) in [6.07, 6.45) is 4.90. The molecule has 1 saturated heterocycles. The van der Waals surface area contributed by atoms with Gasteiger partial charge in [0.25, 0.3) is 0 Å². The molecule has 0 saturated carbocycles. The topological polar surface area (TPSA) is 66.4 Å². The number of H-pyrrole nitrogens is 1. The number of hydrogen-bond acceptors (Lipinski definition) is 5. The van der Waals surface area contributed by atoms with Gasteiger partial charge in [-0.3, -0.25) is 9.88 Å². The molecule has 154 valence electrons. The van der Waals surface area contributed by atoms with Crippen LogP contribution in [0.4, 0.5) is 13.2 Å². The molecule has 2 aromatic rings. The predicted molar refractivity (Wildman–Crippen MR) is 101 cm³/mol. The van der Waals surface area contributed by atoms with Gasteiger partial charge in [-0.05, 0) is 24.6 Å². The van der Waals surface area contributed by atoms with Gasteiger partial charge < -0.3 is 14.7 Å². The van der Waals surface area contributed by atoms with E-state index in [1.807, 2.05) is 9.80 Å². The van der Waals surface area contributed by atoms with Gasteiger partial charge in [0.2, 0.25) is 0 Å². The van der Waals surface area contributed by atoms with Gasteiger partial charge in [0.05, 0.1) is 17.3 Å². The minimum absolute atomic E-state index is 0.193. The number of rotatable bonds is 4. The minimum atomic E-state index is -4.35. The van der Waals surface area contributed by atoms with Gasteiger partial charge in [0, 0.05) is 38.1 Å². The van der Waals surface area contributed by atoms with Crippen LogP contribution in [0.15, 0.2) is 58.8 Å². The van der Waals surface area contributed by atoms with Crippen molar-refractivity contribution < 1.29 is 18.0 Å². The number of aromatic nitrogens is 3. The van der Waals surface area contributed by atoms with E-state index in [0.717, 1.165) is 0 Å². The average molecular weight is 407 g/mol. The zero-order chi connectivity index (χ0) is 20.4. The lowest BCUT2D eigenvalue weighted by atomic mass is 10.2. The van der Waals surface area contributed by atoms with Crippen molar-refractivity contribution in [2.45, 2.75) is 12.6 Å². The smallest absolute Gasteiger partial charge is 0.393 e. The summed E-state index contributed by atoms with van der Waals surface area (Å²) in [6, 6.07) is 1.69. The number of fused-ring (bicyclic) bond motifs is 1. The largest absolute Gasteiger partial charge is 0.416 e. The number of hydrogen-bond donors (Lipinski definition) is 1. The Morgan fingerprint density at radius 2 is 2.00 bits per heavy atom. The molecule has 7 nitrogen and oxygen atoms in total. The van der Waals surface area contributed by atoms with Crippen molar-refractivity contribution in [2.75, 3.05) is 32.9 Å². The molecule has 3 heterocycles. The maximum atomic E-state index is 13.1. The Balaban J connectivity index is 1.37. The number of pyridine rings is 1. The van der Waals surface area contributed by atoms with Crippen LogP contribution >= 0.6 is 0 Å². The van der Waals surface area contributed by atoms with E-state index in [2.05, 4.69) is 9.97 Å². The third-order valence-corrected chi connectivity index (χ3v) is 4.94. The summed E-state index contributed by atoms with van der Waals surface area (Å²) in [5.41, 5.74) is 0.750. The Bertz CT molecular complexity index is 1030. The molecular weight excluding hydrogens is 387 g/mol. The second-order valence-electron chi connectivity index (χ2n) is 6.85. The molecule has 4 rings (SSSR count). The standard InChI is InChI=1S/C19H20F3N5O2/c20-19(21,22)14-3-1-2-4-15(11-14)26-9-7-25(8-10-26)13-29-27-17-12-23-6-5-16(17)24-18(27)28/h2-6,11-12H,1,7-10,13H2,(H,24,28). The molecule has 0 radical (unpaired) electrons. The lowest BCUT2D eigenvalue weighted by Crippen LogP contribution is -2.48. The summed E-state index contributed by atoms with van der Waals surface area (Å²) in [7, 11) is 0. The number of nitrogens with zero attached hydrogens (tertiary/aromatic N) is 4. The Morgan fingerprint density at radius 1 is 1.21 bits per heavy atom. The van der Waals surface area contributed by atoms with Crippen molar-refractivity contribution in [1.82, 2.24) is 24.5 Å². The van der Waals surface area contributed by atoms with Crippen molar-refractivity contribution >= 4 is 11.0 Å². The van der Waals surface area contributed by atoms with Gasteiger partial charge in [0.1, 0.15) is 5.52 Å². The summed E-state index contributed by atoms with van der Waals surface area (Å²) in [6.45, 7) is 2.53. The molecule has 1 N–H and O–H groups in total. The first-order chi connectivity index (χ1) is 13.9. The quantitative estimate of drug-likeness (QED) is 0.841. The second-order valence-corrected chi connectivity index (χ2v) is 6.85. The van der Waals surface area contributed by atoms with Gasteiger partial charge >= 0.3 is 11.9 Å². The Labute approximate surface area is 164 Å². The molecular formula is C19H20F3N5O2. The highest BCUT2D eigenvalue weighted by molar-refractivity contribution is 5.73. The molecule has 29 heavy (non-hydrogen) atoms. The summed E-state index contributed by atoms with van der Waals surface area (Å²) >= 11 is 0. The van der Waals surface area contributed by atoms with Gasteiger partial charge in [-0.25, -0.2) is 4.79 Å². The maximum absolute atomic E-state index is 13.1. The fourth-order valence-corrected chi connectivity index (χ4v) is 3.38. The normalized spacial score (nSPS) is 18.5. The van der Waals surface area contributed by atoms with Crippen LogP contribution in [-0.2, 0) is 0 Å². The van der Waals surface area contributed by atoms with E-state index in [1.165, 1.54) is 16.9 Å². The van der Waals surface area contributed by atoms with Crippen LogP contribution in [0.25, 0.3) is 11.0 Å². The molecule has 2 aromatic heterocycles. The van der Waals surface area contributed by atoms with E-state index >= 15 is 0 Å². The number of nitrogens with one attached hydrogen (secondary N) is 1. The lowest BCUT2D eigenvalue weighted by Gasteiger charge is -2.36. The molecule has 0 atom stereocenters. The van der Waals surface area contributed by atoms with Crippen molar-refractivity contribution in [3.8, 4) is 0 Å². The number of halogens is 3. The minimum Gasteiger partial charge on any atom is -0.393 e. The monoisotopic (exact) mass is 407 g/mol. The maximum Gasteiger partial charge on any atom is 0.416 e. The van der Waals surface area contributed by atoms with Crippen LogP contribution in [0, 0.1) is 0 Å². The number of aromatic amines is 1. The zero-order valence-electron chi connectivity index (χ0n) is 15.5. The summed E-state index contributed by atoms with van der Waals surface area (Å²) in [5.74, 6) is 0. The highest BCUT2D eigenvalue weighted by atomic mass is 19.4. The SMILES string of the molecule is O=c1[nH]c2ccncc2n1OCN1CCN(C2=CC(C(F)(F)F)=CCC=C2)CC1. The Kier molecular flexibility index (Phi) is 5.18. The summed E-state index contributed by atoms with van der Waals surface area (Å²) < 4.78 is 40.4. The number of imidazole rings is 1. The molecule has 0 spiro atoms. The van der Waals surface area contributed by atoms with Gasteiger partial charge in [0.15, 0.2) is 6.73 Å². The summed E-state index contributed by atoms with van der Waals surface area (Å²) in [4.78, 5) is 28.3. The van der Waals surface area contributed by atoms with Crippen LogP contribution < -0.4 is 10.5 Å². The zero-order valence-corrected chi connectivity index (χ0v) is 15.5. The highest BCUT2D eigenvalue weighted by Gasteiger charge is 2.33. The molecule has 1 aliphatic heterocycles. The van der Waals surface area contributed by atoms with Crippen LogP contribution in [0.1, 0.15) is 6.42 Å². The first-order valence-corrected chi connectivity index (χ1v) is 9.23. The molecule has 1 aliphatic carbocycles. The fourth-order valence-electron chi connectivity index (χ4n) is 3.38. The molecule has 0 bridgehead atoms. The average Bonchev–Trinajstić information content (AvgIpc) is 2.86. The van der Waals surface area contributed by atoms with Crippen molar-refractivity contribution in [2.24, 2.45) is 0 Å². The molecule has 0 amide bonds. The van der Waals surface area contributed by atoms with Gasteiger partial charge in [-0.15, -0.1) is 4.73 Å². The molecule has 2 aliphatic rings. The third kappa shape index (κ3) is 4.21. The van der Waals surface area contributed by atoms with E-state index in [1.54, 1.807) is 30.6 Å². The molecule has 10 heteroatoms. The van der Waals surface area contributed by atoms with E-state index in [4.69, 9.17) is 4.84 Å².